The lowest BCUT2D eigenvalue weighted by Gasteiger charge is -2.37. The quantitative estimate of drug-likeness (QED) is 0.354. The van der Waals surface area contributed by atoms with E-state index in [2.05, 4.69) is 46.1 Å². The fourth-order valence-electron chi connectivity index (χ4n) is 5.56. The number of nitrogens with one attached hydrogen (secondary N) is 4. The first-order chi connectivity index (χ1) is 19.0. The third kappa shape index (κ3) is 7.51. The summed E-state index contributed by atoms with van der Waals surface area (Å²) in [4.78, 5) is 45.4. The van der Waals surface area contributed by atoms with Crippen molar-refractivity contribution in [3.63, 3.8) is 0 Å². The van der Waals surface area contributed by atoms with Gasteiger partial charge in [-0.1, -0.05) is 20.8 Å². The Balaban J connectivity index is 1.96. The standard InChI is InChI=1S/C28H38N6O6S/c1-13-9-14(2)24(15(3)10-13)40-28(37)23-17(5)22(32-26(23)30-19(7)35)11-21-16(4)20(12-29)25(31-21)33-27(36)18(6)34-41(8,38)39/h11,13-15,18,24,32,34H,9-10H2,1-8H3,(H,30,35)(H,31,33,36)/b21-11-. The minimum Gasteiger partial charge on any atom is -0.458 e. The molecule has 0 radical (unpaired) electrons. The van der Waals surface area contributed by atoms with Crippen LogP contribution in [0.2, 0.25) is 0 Å². The van der Waals surface area contributed by atoms with E-state index in [4.69, 9.17) is 4.74 Å². The lowest BCUT2D eigenvalue weighted by Crippen LogP contribution is -2.46. The molecule has 3 unspecified atom stereocenters. The van der Waals surface area contributed by atoms with Crippen molar-refractivity contribution in [3.8, 4) is 6.07 Å². The fourth-order valence-corrected chi connectivity index (χ4v) is 6.31. The van der Waals surface area contributed by atoms with Gasteiger partial charge in [-0.05, 0) is 68.6 Å². The molecular weight excluding hydrogens is 548 g/mol. The molecule has 41 heavy (non-hydrogen) atoms. The Bertz CT molecular complexity index is 1480. The number of hydrogen-bond donors (Lipinski definition) is 4. The first-order valence-corrected chi connectivity index (χ1v) is 15.3. The molecule has 13 heteroatoms. The lowest BCUT2D eigenvalue weighted by molar-refractivity contribution is -0.121. The maximum atomic E-state index is 13.5. The largest absolute Gasteiger partial charge is 0.458 e. The van der Waals surface area contributed by atoms with Gasteiger partial charge >= 0.3 is 5.97 Å². The number of anilines is 1. The van der Waals surface area contributed by atoms with Gasteiger partial charge in [-0.3, -0.25) is 9.59 Å². The number of carbonyl (C=O) groups excluding carboxylic acids is 3. The first kappa shape index (κ1) is 31.8. The number of ether oxygens (including phenoxy) is 1. The van der Waals surface area contributed by atoms with E-state index in [1.165, 1.54) is 13.8 Å². The summed E-state index contributed by atoms with van der Waals surface area (Å²) in [7, 11) is -3.63. The van der Waals surface area contributed by atoms with Gasteiger partial charge in [0.1, 0.15) is 23.6 Å². The van der Waals surface area contributed by atoms with E-state index in [0.29, 0.717) is 28.4 Å². The van der Waals surface area contributed by atoms with Gasteiger partial charge in [-0.2, -0.15) is 5.26 Å². The van der Waals surface area contributed by atoms with E-state index in [-0.39, 0.29) is 46.6 Å². The molecule has 222 valence electrons. The van der Waals surface area contributed by atoms with Crippen LogP contribution in [0.3, 0.4) is 0 Å². The Morgan fingerprint density at radius 2 is 1.76 bits per heavy atom. The molecule has 1 fully saturated rings. The Kier molecular flexibility index (Phi) is 9.61. The third-order valence-electron chi connectivity index (χ3n) is 7.35. The molecule has 3 rings (SSSR count). The summed E-state index contributed by atoms with van der Waals surface area (Å²) in [6.07, 6.45) is 4.20. The van der Waals surface area contributed by atoms with Crippen molar-refractivity contribution < 1.29 is 27.5 Å². The summed E-state index contributed by atoms with van der Waals surface area (Å²) in [5, 5.41) is 14.9. The number of amides is 2. The van der Waals surface area contributed by atoms with E-state index in [0.717, 1.165) is 19.1 Å². The molecule has 0 spiro atoms. The first-order valence-electron chi connectivity index (χ1n) is 13.4. The number of allylic oxidation sites excluding steroid dienone is 1. The molecule has 1 aromatic heterocycles. The highest BCUT2D eigenvalue weighted by molar-refractivity contribution is 7.88. The number of aromatic nitrogens is 1. The van der Waals surface area contributed by atoms with Crippen molar-refractivity contribution in [1.82, 2.24) is 15.0 Å². The van der Waals surface area contributed by atoms with Gasteiger partial charge in [0, 0.05) is 12.6 Å². The molecule has 3 atom stereocenters. The zero-order valence-corrected chi connectivity index (χ0v) is 25.4. The van der Waals surface area contributed by atoms with Crippen molar-refractivity contribution in [2.24, 2.45) is 22.7 Å². The molecule has 0 saturated heterocycles. The van der Waals surface area contributed by atoms with Gasteiger partial charge in [0.25, 0.3) is 0 Å². The van der Waals surface area contributed by atoms with Crippen molar-refractivity contribution >= 4 is 45.5 Å². The number of nitrogens with zero attached hydrogens (tertiary/aromatic N) is 2. The highest BCUT2D eigenvalue weighted by Gasteiger charge is 2.36. The highest BCUT2D eigenvalue weighted by Crippen LogP contribution is 2.37. The van der Waals surface area contributed by atoms with Crippen LogP contribution in [0.5, 0.6) is 0 Å². The summed E-state index contributed by atoms with van der Waals surface area (Å²) in [5.74, 6) is -0.521. The number of amidine groups is 1. The second kappa shape index (κ2) is 12.4. The van der Waals surface area contributed by atoms with Crippen molar-refractivity contribution in [2.75, 3.05) is 11.6 Å². The molecule has 1 saturated carbocycles. The number of esters is 1. The van der Waals surface area contributed by atoms with Crippen LogP contribution in [0.15, 0.2) is 21.8 Å². The summed E-state index contributed by atoms with van der Waals surface area (Å²) in [5.41, 5.74) is 2.07. The zero-order valence-electron chi connectivity index (χ0n) is 24.6. The van der Waals surface area contributed by atoms with Crippen LogP contribution in [0.1, 0.15) is 76.0 Å². The Hall–Kier alpha value is -3.76. The molecular formula is C28H38N6O6S. The molecule has 1 aromatic rings. The van der Waals surface area contributed by atoms with E-state index >= 15 is 0 Å². The maximum Gasteiger partial charge on any atom is 0.342 e. The number of nitriles is 1. The van der Waals surface area contributed by atoms with E-state index < -0.39 is 27.9 Å². The maximum absolute atomic E-state index is 13.5. The average Bonchev–Trinajstić information content (AvgIpc) is 3.29. The van der Waals surface area contributed by atoms with E-state index in [1.807, 2.05) is 6.07 Å². The van der Waals surface area contributed by atoms with Gasteiger partial charge in [0.05, 0.1) is 23.6 Å². The molecule has 2 heterocycles. The summed E-state index contributed by atoms with van der Waals surface area (Å²) < 4.78 is 31.2. The number of H-pyrrole nitrogens is 1. The van der Waals surface area contributed by atoms with Gasteiger partial charge in [-0.15, -0.1) is 0 Å². The smallest absolute Gasteiger partial charge is 0.342 e. The van der Waals surface area contributed by atoms with Crippen LogP contribution in [0, 0.1) is 36.0 Å². The number of aliphatic imine (C=N–C) groups is 1. The average molecular weight is 587 g/mol. The number of sulfonamides is 1. The number of hydrogen-bond acceptors (Lipinski definition) is 8. The van der Waals surface area contributed by atoms with Crippen LogP contribution < -0.4 is 15.4 Å². The molecule has 4 N–H and O–H groups in total. The van der Waals surface area contributed by atoms with Gasteiger partial charge < -0.3 is 20.4 Å². The Morgan fingerprint density at radius 3 is 2.29 bits per heavy atom. The summed E-state index contributed by atoms with van der Waals surface area (Å²) in [6.45, 7) is 12.4. The van der Waals surface area contributed by atoms with Gasteiger partial charge in [-0.25, -0.2) is 22.9 Å². The number of aromatic amines is 1. The highest BCUT2D eigenvalue weighted by atomic mass is 32.2. The van der Waals surface area contributed by atoms with Crippen molar-refractivity contribution in [2.45, 2.75) is 73.5 Å². The zero-order chi connectivity index (χ0) is 30.8. The second-order valence-electron chi connectivity index (χ2n) is 11.2. The second-order valence-corrected chi connectivity index (χ2v) is 13.0. The molecule has 12 nitrogen and oxygen atoms in total. The van der Waals surface area contributed by atoms with Gasteiger partial charge in [0.15, 0.2) is 5.84 Å². The number of rotatable bonds is 7. The number of carbonyl (C=O) groups is 3. The molecule has 1 aliphatic heterocycles. The predicted molar refractivity (Wildman–Crippen MR) is 155 cm³/mol. The van der Waals surface area contributed by atoms with E-state index in [1.54, 1.807) is 19.9 Å². The Labute approximate surface area is 240 Å². The summed E-state index contributed by atoms with van der Waals surface area (Å²) in [6, 6.07) is 0.919. The molecule has 2 amide bonds. The molecule has 1 aliphatic carbocycles. The normalized spacial score (nSPS) is 24.5. The summed E-state index contributed by atoms with van der Waals surface area (Å²) >= 11 is 0. The molecule has 0 bridgehead atoms. The predicted octanol–water partition coefficient (Wildman–Crippen LogP) is 3.16. The van der Waals surface area contributed by atoms with Crippen LogP contribution in [-0.4, -0.2) is 55.4 Å². The monoisotopic (exact) mass is 586 g/mol. The lowest BCUT2D eigenvalue weighted by atomic mass is 9.75. The third-order valence-corrected chi connectivity index (χ3v) is 8.14. The minimum atomic E-state index is -3.63. The minimum absolute atomic E-state index is 0.0242. The topological polar surface area (TPSA) is 183 Å². The molecule has 2 aliphatic rings. The van der Waals surface area contributed by atoms with Gasteiger partial charge in [0.2, 0.25) is 21.8 Å². The van der Waals surface area contributed by atoms with E-state index in [9.17, 15) is 28.1 Å². The van der Waals surface area contributed by atoms with Crippen LogP contribution in [0.4, 0.5) is 5.82 Å². The van der Waals surface area contributed by atoms with Crippen molar-refractivity contribution in [3.05, 3.63) is 33.7 Å². The van der Waals surface area contributed by atoms with Crippen LogP contribution in [-0.2, 0) is 24.3 Å². The SMILES string of the molecule is CC(=O)Nc1[nH]c(/C=C2\N=C(NC(=O)C(C)NS(C)(=O)=O)C(C#N)=C2C)c(C)c1C(=O)OC1C(C)CC(C)CC1C. The fraction of sp³-hybridized carbons (Fsp3) is 0.536. The van der Waals surface area contributed by atoms with Crippen LogP contribution in [0.25, 0.3) is 6.08 Å². The molecule has 0 aromatic carbocycles. The Morgan fingerprint density at radius 1 is 1.15 bits per heavy atom. The van der Waals surface area contributed by atoms with Crippen LogP contribution >= 0.6 is 0 Å². The van der Waals surface area contributed by atoms with Crippen molar-refractivity contribution in [1.29, 1.82) is 5.26 Å².